The van der Waals surface area contributed by atoms with Crippen LogP contribution in [0.5, 0.6) is 0 Å². The second kappa shape index (κ2) is 4.73. The molecule has 0 bridgehead atoms. The molecular formula is C16H20N2S. The summed E-state index contributed by atoms with van der Waals surface area (Å²) in [4.78, 5) is 4.87. The molecule has 0 amide bonds. The molecule has 1 aliphatic carbocycles. The first-order valence-electron chi connectivity index (χ1n) is 6.86. The lowest BCUT2D eigenvalue weighted by Gasteiger charge is -2.26. The van der Waals surface area contributed by atoms with Gasteiger partial charge in [0.2, 0.25) is 0 Å². The average molecular weight is 272 g/mol. The van der Waals surface area contributed by atoms with Gasteiger partial charge in [0.25, 0.3) is 0 Å². The molecule has 3 rings (SSSR count). The Hall–Kier alpha value is -1.19. The predicted octanol–water partition coefficient (Wildman–Crippen LogP) is 3.48. The zero-order valence-corrected chi connectivity index (χ0v) is 12.6. The van der Waals surface area contributed by atoms with Gasteiger partial charge in [0.15, 0.2) is 0 Å². The minimum Gasteiger partial charge on any atom is -0.308 e. The van der Waals surface area contributed by atoms with E-state index in [2.05, 4.69) is 55.9 Å². The summed E-state index contributed by atoms with van der Waals surface area (Å²) in [6.45, 7) is 4.41. The largest absolute Gasteiger partial charge is 0.308 e. The number of likely N-dealkylation sites (N-methyl/N-ethyl adjacent to an activating group) is 1. The normalized spacial score (nSPS) is 16.8. The molecule has 0 radical (unpaired) electrons. The van der Waals surface area contributed by atoms with Gasteiger partial charge in [-0.3, -0.25) is 0 Å². The molecule has 0 atom stereocenters. The summed E-state index contributed by atoms with van der Waals surface area (Å²) >= 11 is 1.80. The maximum atomic E-state index is 4.87. The van der Waals surface area contributed by atoms with Gasteiger partial charge in [-0.05, 0) is 36.9 Å². The minimum absolute atomic E-state index is 0.00148. The van der Waals surface area contributed by atoms with Gasteiger partial charge in [0, 0.05) is 5.38 Å². The summed E-state index contributed by atoms with van der Waals surface area (Å²) in [6, 6.07) is 8.74. The van der Waals surface area contributed by atoms with Gasteiger partial charge in [-0.1, -0.05) is 38.1 Å². The Morgan fingerprint density at radius 2 is 1.84 bits per heavy atom. The lowest BCUT2D eigenvalue weighted by molar-refractivity contribution is 0.378. The molecular weight excluding hydrogens is 252 g/mol. The van der Waals surface area contributed by atoms with Crippen LogP contribution in [0.15, 0.2) is 29.6 Å². The van der Waals surface area contributed by atoms with Crippen molar-refractivity contribution in [3.8, 4) is 0 Å². The van der Waals surface area contributed by atoms with E-state index < -0.39 is 0 Å². The van der Waals surface area contributed by atoms with E-state index in [1.165, 1.54) is 21.8 Å². The molecule has 0 saturated carbocycles. The molecule has 0 spiro atoms. The van der Waals surface area contributed by atoms with Crippen molar-refractivity contribution in [2.24, 2.45) is 0 Å². The highest BCUT2D eigenvalue weighted by Gasteiger charge is 2.39. The first-order chi connectivity index (χ1) is 9.14. The van der Waals surface area contributed by atoms with E-state index in [9.17, 15) is 0 Å². The number of thiazole rings is 1. The summed E-state index contributed by atoms with van der Waals surface area (Å²) in [7, 11) is 2.06. The van der Waals surface area contributed by atoms with Crippen LogP contribution in [0, 0.1) is 0 Å². The Labute approximate surface area is 118 Å². The van der Waals surface area contributed by atoms with E-state index in [4.69, 9.17) is 4.98 Å². The summed E-state index contributed by atoms with van der Waals surface area (Å²) in [5, 5.41) is 6.98. The molecule has 3 heteroatoms. The van der Waals surface area contributed by atoms with Crippen LogP contribution in [0.1, 0.15) is 41.6 Å². The van der Waals surface area contributed by atoms with Crippen LogP contribution >= 0.6 is 11.3 Å². The van der Waals surface area contributed by atoms with E-state index in [0.29, 0.717) is 5.92 Å². The molecule has 19 heavy (non-hydrogen) atoms. The van der Waals surface area contributed by atoms with E-state index in [-0.39, 0.29) is 5.54 Å². The van der Waals surface area contributed by atoms with E-state index in [1.807, 2.05) is 0 Å². The number of benzene rings is 1. The summed E-state index contributed by atoms with van der Waals surface area (Å²) in [6.07, 6.45) is 2.09. The SMILES string of the molecule is CNC1(c2nc(C(C)C)cs2)Cc2ccccc2C1. The van der Waals surface area contributed by atoms with E-state index >= 15 is 0 Å². The highest BCUT2D eigenvalue weighted by molar-refractivity contribution is 7.09. The lowest BCUT2D eigenvalue weighted by atomic mass is 9.97. The van der Waals surface area contributed by atoms with E-state index in [1.54, 1.807) is 11.3 Å². The molecule has 0 fully saturated rings. The average Bonchev–Trinajstić information content (AvgIpc) is 3.03. The zero-order valence-electron chi connectivity index (χ0n) is 11.7. The van der Waals surface area contributed by atoms with Crippen LogP contribution in [0.4, 0.5) is 0 Å². The number of nitrogens with one attached hydrogen (secondary N) is 1. The van der Waals surface area contributed by atoms with Gasteiger partial charge in [-0.25, -0.2) is 4.98 Å². The van der Waals surface area contributed by atoms with Gasteiger partial charge in [-0.2, -0.15) is 0 Å². The van der Waals surface area contributed by atoms with Crippen molar-refractivity contribution in [1.29, 1.82) is 0 Å². The molecule has 2 aromatic rings. The van der Waals surface area contributed by atoms with Crippen molar-refractivity contribution in [2.45, 2.75) is 38.1 Å². The van der Waals surface area contributed by atoms with E-state index in [0.717, 1.165) is 12.8 Å². The number of hydrogen-bond donors (Lipinski definition) is 1. The monoisotopic (exact) mass is 272 g/mol. The standard InChI is InChI=1S/C16H20N2S/c1-11(2)14-10-19-15(18-14)16(17-3)8-12-6-4-5-7-13(12)9-16/h4-7,10-11,17H,8-9H2,1-3H3. The summed E-state index contributed by atoms with van der Waals surface area (Å²) in [5.74, 6) is 0.502. The van der Waals surface area contributed by atoms with Crippen LogP contribution in [-0.2, 0) is 18.4 Å². The smallest absolute Gasteiger partial charge is 0.114 e. The molecule has 1 aliphatic rings. The summed E-state index contributed by atoms with van der Waals surface area (Å²) in [5.41, 5.74) is 4.13. The fraction of sp³-hybridized carbons (Fsp3) is 0.438. The van der Waals surface area contributed by atoms with Crippen molar-refractivity contribution >= 4 is 11.3 Å². The Balaban J connectivity index is 1.97. The molecule has 2 nitrogen and oxygen atoms in total. The van der Waals surface area contributed by atoms with Crippen molar-refractivity contribution < 1.29 is 0 Å². The fourth-order valence-corrected chi connectivity index (χ4v) is 4.01. The maximum Gasteiger partial charge on any atom is 0.114 e. The van der Waals surface area contributed by atoms with Crippen molar-refractivity contribution in [2.75, 3.05) is 7.05 Å². The number of hydrogen-bond acceptors (Lipinski definition) is 3. The Kier molecular flexibility index (Phi) is 3.19. The number of aromatic nitrogens is 1. The molecule has 0 unspecified atom stereocenters. The zero-order chi connectivity index (χ0) is 13.5. The highest BCUT2D eigenvalue weighted by atomic mass is 32.1. The molecule has 1 aromatic carbocycles. The third kappa shape index (κ3) is 2.11. The quantitative estimate of drug-likeness (QED) is 0.925. The van der Waals surface area contributed by atoms with Crippen LogP contribution in [0.3, 0.4) is 0 Å². The minimum atomic E-state index is 0.00148. The Morgan fingerprint density at radius 1 is 1.21 bits per heavy atom. The molecule has 1 N–H and O–H groups in total. The second-order valence-electron chi connectivity index (χ2n) is 5.69. The van der Waals surface area contributed by atoms with Crippen LogP contribution in [0.25, 0.3) is 0 Å². The van der Waals surface area contributed by atoms with Gasteiger partial charge in [0.1, 0.15) is 5.01 Å². The van der Waals surface area contributed by atoms with Crippen LogP contribution in [0.2, 0.25) is 0 Å². The molecule has 0 aliphatic heterocycles. The first-order valence-corrected chi connectivity index (χ1v) is 7.74. The molecule has 1 heterocycles. The van der Waals surface area contributed by atoms with Crippen molar-refractivity contribution in [1.82, 2.24) is 10.3 Å². The maximum absolute atomic E-state index is 4.87. The molecule has 100 valence electrons. The third-order valence-corrected chi connectivity index (χ3v) is 5.17. The van der Waals surface area contributed by atoms with Crippen LogP contribution < -0.4 is 5.32 Å². The van der Waals surface area contributed by atoms with Crippen molar-refractivity contribution in [3.05, 3.63) is 51.5 Å². The third-order valence-electron chi connectivity index (χ3n) is 4.10. The van der Waals surface area contributed by atoms with Gasteiger partial charge in [-0.15, -0.1) is 11.3 Å². The topological polar surface area (TPSA) is 24.9 Å². The predicted molar refractivity (Wildman–Crippen MR) is 80.8 cm³/mol. The lowest BCUT2D eigenvalue weighted by Crippen LogP contribution is -2.40. The number of nitrogens with zero attached hydrogens (tertiary/aromatic N) is 1. The second-order valence-corrected chi connectivity index (χ2v) is 6.54. The van der Waals surface area contributed by atoms with Gasteiger partial charge < -0.3 is 5.32 Å². The first kappa shape index (κ1) is 12.8. The Bertz CT molecular complexity index is 561. The number of rotatable bonds is 3. The number of fused-ring (bicyclic) bond motifs is 1. The fourth-order valence-electron chi connectivity index (χ4n) is 2.82. The van der Waals surface area contributed by atoms with Crippen LogP contribution in [-0.4, -0.2) is 12.0 Å². The molecule has 1 aromatic heterocycles. The highest BCUT2D eigenvalue weighted by Crippen LogP contribution is 2.39. The van der Waals surface area contributed by atoms with Gasteiger partial charge >= 0.3 is 0 Å². The Morgan fingerprint density at radius 3 is 2.32 bits per heavy atom. The molecule has 0 saturated heterocycles. The van der Waals surface area contributed by atoms with Crippen molar-refractivity contribution in [3.63, 3.8) is 0 Å². The summed E-state index contributed by atoms with van der Waals surface area (Å²) < 4.78 is 0. The van der Waals surface area contributed by atoms with Gasteiger partial charge in [0.05, 0.1) is 11.2 Å².